The van der Waals surface area contributed by atoms with Crippen molar-refractivity contribution in [2.24, 2.45) is 5.92 Å². The average molecular weight is 236 g/mol. The van der Waals surface area contributed by atoms with Gasteiger partial charge in [-0.05, 0) is 45.2 Å². The number of nitrogens with zero attached hydrogens (tertiary/aromatic N) is 2. The Morgan fingerprint density at radius 2 is 1.82 bits per heavy atom. The van der Waals surface area contributed by atoms with Gasteiger partial charge in [0.2, 0.25) is 0 Å². The second-order valence-corrected chi connectivity index (χ2v) is 6.57. The molecule has 2 heteroatoms. The normalized spacial score (nSPS) is 36.5. The SMILES string of the molecule is CC1CN2CCCC2CN1CCC1CCCC1. The van der Waals surface area contributed by atoms with Gasteiger partial charge >= 0.3 is 0 Å². The minimum atomic E-state index is 0.797. The molecule has 0 N–H and O–H groups in total. The molecule has 98 valence electrons. The number of rotatable bonds is 3. The molecule has 2 aliphatic heterocycles. The standard InChI is InChI=1S/C15H28N2/c1-13-11-17-9-4-7-15(17)12-16(13)10-8-14-5-2-3-6-14/h13-15H,2-12H2,1H3. The van der Waals surface area contributed by atoms with E-state index in [1.165, 1.54) is 71.1 Å². The topological polar surface area (TPSA) is 6.48 Å². The first-order valence-corrected chi connectivity index (χ1v) is 7.81. The summed E-state index contributed by atoms with van der Waals surface area (Å²) in [6.07, 6.45) is 10.4. The monoisotopic (exact) mass is 236 g/mol. The maximum absolute atomic E-state index is 2.78. The molecule has 0 aromatic rings. The highest BCUT2D eigenvalue weighted by Crippen LogP contribution is 2.29. The van der Waals surface area contributed by atoms with E-state index in [9.17, 15) is 0 Å². The van der Waals surface area contributed by atoms with Gasteiger partial charge in [-0.3, -0.25) is 9.80 Å². The molecule has 2 atom stereocenters. The van der Waals surface area contributed by atoms with E-state index in [-0.39, 0.29) is 0 Å². The van der Waals surface area contributed by atoms with Gasteiger partial charge in [0, 0.05) is 25.2 Å². The fourth-order valence-electron chi connectivity index (χ4n) is 4.21. The van der Waals surface area contributed by atoms with Crippen molar-refractivity contribution in [1.82, 2.24) is 9.80 Å². The zero-order chi connectivity index (χ0) is 11.7. The number of piperazine rings is 1. The first-order valence-electron chi connectivity index (χ1n) is 7.81. The van der Waals surface area contributed by atoms with Crippen LogP contribution in [0.2, 0.25) is 0 Å². The molecule has 3 fully saturated rings. The molecular formula is C15H28N2. The molecule has 2 heterocycles. The summed E-state index contributed by atoms with van der Waals surface area (Å²) in [5.74, 6) is 1.06. The molecule has 0 aromatic heterocycles. The smallest absolute Gasteiger partial charge is 0.0224 e. The van der Waals surface area contributed by atoms with Crippen LogP contribution in [0.1, 0.15) is 51.9 Å². The average Bonchev–Trinajstić information content (AvgIpc) is 2.95. The van der Waals surface area contributed by atoms with Gasteiger partial charge in [-0.1, -0.05) is 25.7 Å². The Hall–Kier alpha value is -0.0800. The Bertz CT molecular complexity index is 247. The summed E-state index contributed by atoms with van der Waals surface area (Å²) in [6.45, 7) is 7.86. The lowest BCUT2D eigenvalue weighted by Crippen LogP contribution is -2.55. The summed E-state index contributed by atoms with van der Waals surface area (Å²) in [6, 6.07) is 1.69. The van der Waals surface area contributed by atoms with Crippen LogP contribution in [0, 0.1) is 5.92 Å². The van der Waals surface area contributed by atoms with Gasteiger partial charge in [0.25, 0.3) is 0 Å². The summed E-state index contributed by atoms with van der Waals surface area (Å²) < 4.78 is 0. The van der Waals surface area contributed by atoms with Gasteiger partial charge in [-0.25, -0.2) is 0 Å². The molecule has 1 saturated carbocycles. The number of hydrogen-bond donors (Lipinski definition) is 0. The number of fused-ring (bicyclic) bond motifs is 1. The molecule has 2 nitrogen and oxygen atoms in total. The second kappa shape index (κ2) is 5.27. The molecule has 2 saturated heterocycles. The van der Waals surface area contributed by atoms with Crippen molar-refractivity contribution >= 4 is 0 Å². The zero-order valence-electron chi connectivity index (χ0n) is 11.4. The first-order chi connectivity index (χ1) is 8.33. The van der Waals surface area contributed by atoms with Gasteiger partial charge in [-0.15, -0.1) is 0 Å². The Balaban J connectivity index is 1.48. The van der Waals surface area contributed by atoms with Crippen LogP contribution in [0.15, 0.2) is 0 Å². The largest absolute Gasteiger partial charge is 0.298 e. The summed E-state index contributed by atoms with van der Waals surface area (Å²) in [4.78, 5) is 5.52. The molecule has 17 heavy (non-hydrogen) atoms. The maximum Gasteiger partial charge on any atom is 0.0224 e. The van der Waals surface area contributed by atoms with Crippen molar-refractivity contribution in [3.05, 3.63) is 0 Å². The van der Waals surface area contributed by atoms with E-state index in [2.05, 4.69) is 16.7 Å². The Labute approximate surface area is 106 Å². The van der Waals surface area contributed by atoms with Gasteiger partial charge in [0.1, 0.15) is 0 Å². The van der Waals surface area contributed by atoms with Crippen LogP contribution < -0.4 is 0 Å². The first kappa shape index (κ1) is 12.0. The highest BCUT2D eigenvalue weighted by Gasteiger charge is 2.34. The fraction of sp³-hybridized carbons (Fsp3) is 1.00. The van der Waals surface area contributed by atoms with E-state index in [1.54, 1.807) is 0 Å². The Kier molecular flexibility index (Phi) is 3.72. The van der Waals surface area contributed by atoms with Crippen LogP contribution in [0.4, 0.5) is 0 Å². The van der Waals surface area contributed by atoms with Gasteiger partial charge in [0.05, 0.1) is 0 Å². The van der Waals surface area contributed by atoms with Crippen molar-refractivity contribution in [1.29, 1.82) is 0 Å². The minimum Gasteiger partial charge on any atom is -0.298 e. The summed E-state index contributed by atoms with van der Waals surface area (Å²) in [5, 5.41) is 0. The number of hydrogen-bond acceptors (Lipinski definition) is 2. The third-order valence-corrected chi connectivity index (χ3v) is 5.37. The van der Waals surface area contributed by atoms with Crippen LogP contribution in [0.25, 0.3) is 0 Å². The zero-order valence-corrected chi connectivity index (χ0v) is 11.4. The highest BCUT2D eigenvalue weighted by molar-refractivity contribution is 4.90. The molecule has 2 unspecified atom stereocenters. The van der Waals surface area contributed by atoms with Crippen LogP contribution in [0.3, 0.4) is 0 Å². The summed E-state index contributed by atoms with van der Waals surface area (Å²) in [5.41, 5.74) is 0. The van der Waals surface area contributed by atoms with Crippen molar-refractivity contribution in [3.8, 4) is 0 Å². The van der Waals surface area contributed by atoms with Gasteiger partial charge in [-0.2, -0.15) is 0 Å². The van der Waals surface area contributed by atoms with E-state index in [0.29, 0.717) is 0 Å². The van der Waals surface area contributed by atoms with Crippen LogP contribution >= 0.6 is 0 Å². The lowest BCUT2D eigenvalue weighted by Gasteiger charge is -2.42. The quantitative estimate of drug-likeness (QED) is 0.743. The van der Waals surface area contributed by atoms with E-state index in [4.69, 9.17) is 0 Å². The van der Waals surface area contributed by atoms with Crippen molar-refractivity contribution < 1.29 is 0 Å². The van der Waals surface area contributed by atoms with Gasteiger partial charge in [0.15, 0.2) is 0 Å². The van der Waals surface area contributed by atoms with Crippen LogP contribution in [-0.4, -0.2) is 48.1 Å². The fourth-order valence-corrected chi connectivity index (χ4v) is 4.21. The van der Waals surface area contributed by atoms with Crippen LogP contribution in [-0.2, 0) is 0 Å². The van der Waals surface area contributed by atoms with Gasteiger partial charge < -0.3 is 0 Å². The van der Waals surface area contributed by atoms with E-state index in [0.717, 1.165) is 18.0 Å². The lowest BCUT2D eigenvalue weighted by molar-refractivity contribution is 0.0556. The molecule has 0 aromatic carbocycles. The molecule has 0 spiro atoms. The molecule has 0 bridgehead atoms. The predicted molar refractivity (Wildman–Crippen MR) is 72.2 cm³/mol. The second-order valence-electron chi connectivity index (χ2n) is 6.57. The lowest BCUT2D eigenvalue weighted by atomic mass is 10.0. The molecule has 3 aliphatic rings. The maximum atomic E-state index is 2.78. The highest BCUT2D eigenvalue weighted by atomic mass is 15.3. The third-order valence-electron chi connectivity index (χ3n) is 5.37. The van der Waals surface area contributed by atoms with Crippen molar-refractivity contribution in [2.75, 3.05) is 26.2 Å². The van der Waals surface area contributed by atoms with E-state index in [1.807, 2.05) is 0 Å². The molecule has 1 aliphatic carbocycles. The Morgan fingerprint density at radius 1 is 1.00 bits per heavy atom. The third kappa shape index (κ3) is 2.68. The van der Waals surface area contributed by atoms with E-state index < -0.39 is 0 Å². The Morgan fingerprint density at radius 3 is 2.65 bits per heavy atom. The summed E-state index contributed by atoms with van der Waals surface area (Å²) in [7, 11) is 0. The van der Waals surface area contributed by atoms with Crippen molar-refractivity contribution in [3.63, 3.8) is 0 Å². The molecule has 0 radical (unpaired) electrons. The molecule has 0 amide bonds. The van der Waals surface area contributed by atoms with Crippen molar-refractivity contribution in [2.45, 2.75) is 64.0 Å². The molecular weight excluding hydrogens is 208 g/mol. The van der Waals surface area contributed by atoms with Crippen LogP contribution in [0.5, 0.6) is 0 Å². The predicted octanol–water partition coefficient (Wildman–Crippen LogP) is 2.74. The van der Waals surface area contributed by atoms with E-state index >= 15 is 0 Å². The summed E-state index contributed by atoms with van der Waals surface area (Å²) >= 11 is 0. The molecule has 3 rings (SSSR count). The minimum absolute atomic E-state index is 0.797.